The van der Waals surface area contributed by atoms with Gasteiger partial charge >= 0.3 is 11.9 Å². The van der Waals surface area contributed by atoms with E-state index in [4.69, 9.17) is 9.84 Å². The van der Waals surface area contributed by atoms with Gasteiger partial charge < -0.3 is 15.2 Å². The van der Waals surface area contributed by atoms with Gasteiger partial charge in [-0.3, -0.25) is 14.6 Å². The SMILES string of the molecule is CCOC(=O)[C@H](C)C[C@H](NC(=O)c1ccccn1)C(=O)O. The molecule has 0 radical (unpaired) electrons. The van der Waals surface area contributed by atoms with Crippen LogP contribution in [0.15, 0.2) is 24.4 Å². The molecule has 1 aromatic rings. The number of pyridine rings is 1. The van der Waals surface area contributed by atoms with Crippen LogP contribution in [0.2, 0.25) is 0 Å². The maximum absolute atomic E-state index is 11.9. The van der Waals surface area contributed by atoms with Crippen LogP contribution >= 0.6 is 0 Å². The first-order valence-electron chi connectivity index (χ1n) is 6.57. The lowest BCUT2D eigenvalue weighted by atomic mass is 10.0. The number of ether oxygens (including phenoxy) is 1. The van der Waals surface area contributed by atoms with Crippen molar-refractivity contribution in [2.75, 3.05) is 6.61 Å². The zero-order chi connectivity index (χ0) is 15.8. The lowest BCUT2D eigenvalue weighted by Gasteiger charge is -2.17. The van der Waals surface area contributed by atoms with Crippen LogP contribution in [0.3, 0.4) is 0 Å². The molecule has 2 N–H and O–H groups in total. The van der Waals surface area contributed by atoms with Crippen molar-refractivity contribution < 1.29 is 24.2 Å². The second-order valence-electron chi connectivity index (χ2n) is 4.47. The number of aliphatic carboxylic acids is 1. The van der Waals surface area contributed by atoms with E-state index >= 15 is 0 Å². The molecule has 1 heterocycles. The van der Waals surface area contributed by atoms with E-state index in [0.29, 0.717) is 0 Å². The van der Waals surface area contributed by atoms with Crippen molar-refractivity contribution in [3.05, 3.63) is 30.1 Å². The Labute approximate surface area is 122 Å². The molecule has 0 saturated carbocycles. The van der Waals surface area contributed by atoms with Gasteiger partial charge in [0.15, 0.2) is 0 Å². The van der Waals surface area contributed by atoms with Gasteiger partial charge in [0, 0.05) is 6.20 Å². The molecule has 2 atom stereocenters. The molecule has 7 heteroatoms. The number of nitrogens with one attached hydrogen (secondary N) is 1. The quantitative estimate of drug-likeness (QED) is 0.722. The average molecular weight is 294 g/mol. The van der Waals surface area contributed by atoms with Crippen molar-refractivity contribution in [3.8, 4) is 0 Å². The Morgan fingerprint density at radius 1 is 1.38 bits per heavy atom. The van der Waals surface area contributed by atoms with Gasteiger partial charge in [0.25, 0.3) is 5.91 Å². The second kappa shape index (κ2) is 7.98. The summed E-state index contributed by atoms with van der Waals surface area (Å²) in [4.78, 5) is 38.4. The summed E-state index contributed by atoms with van der Waals surface area (Å²) in [7, 11) is 0. The zero-order valence-corrected chi connectivity index (χ0v) is 11.9. The molecule has 0 aliphatic rings. The smallest absolute Gasteiger partial charge is 0.326 e. The number of rotatable bonds is 7. The van der Waals surface area contributed by atoms with Gasteiger partial charge in [-0.15, -0.1) is 0 Å². The van der Waals surface area contributed by atoms with Gasteiger partial charge in [-0.2, -0.15) is 0 Å². The third kappa shape index (κ3) is 5.21. The maximum atomic E-state index is 11.9. The molecular formula is C14H18N2O5. The molecule has 0 unspecified atom stereocenters. The summed E-state index contributed by atoms with van der Waals surface area (Å²) in [5.74, 6) is -2.93. The number of carbonyl (C=O) groups is 3. The van der Waals surface area contributed by atoms with E-state index in [1.807, 2.05) is 0 Å². The first-order valence-corrected chi connectivity index (χ1v) is 6.57. The van der Waals surface area contributed by atoms with Crippen LogP contribution in [0.4, 0.5) is 0 Å². The van der Waals surface area contributed by atoms with Gasteiger partial charge in [0.2, 0.25) is 0 Å². The van der Waals surface area contributed by atoms with Crippen molar-refractivity contribution in [2.45, 2.75) is 26.3 Å². The van der Waals surface area contributed by atoms with E-state index < -0.39 is 29.8 Å². The van der Waals surface area contributed by atoms with Crippen LogP contribution in [0.1, 0.15) is 30.8 Å². The minimum absolute atomic E-state index is 0.0489. The summed E-state index contributed by atoms with van der Waals surface area (Å²) >= 11 is 0. The van der Waals surface area contributed by atoms with Crippen LogP contribution in [-0.4, -0.2) is 40.6 Å². The number of hydrogen-bond donors (Lipinski definition) is 2. The topological polar surface area (TPSA) is 106 Å². The molecule has 0 fully saturated rings. The van der Waals surface area contributed by atoms with E-state index in [9.17, 15) is 14.4 Å². The fraction of sp³-hybridized carbons (Fsp3) is 0.429. The number of esters is 1. The van der Waals surface area contributed by atoms with Crippen molar-refractivity contribution >= 4 is 17.8 Å². The van der Waals surface area contributed by atoms with E-state index in [1.165, 1.54) is 12.3 Å². The predicted octanol–water partition coefficient (Wildman–Crippen LogP) is 0.854. The number of hydrogen-bond acceptors (Lipinski definition) is 5. The van der Waals surface area contributed by atoms with Crippen LogP contribution < -0.4 is 5.32 Å². The third-order valence-electron chi connectivity index (χ3n) is 2.78. The van der Waals surface area contributed by atoms with Crippen LogP contribution in [0.5, 0.6) is 0 Å². The average Bonchev–Trinajstić information content (AvgIpc) is 2.47. The minimum Gasteiger partial charge on any atom is -0.480 e. The lowest BCUT2D eigenvalue weighted by Crippen LogP contribution is -2.43. The summed E-state index contributed by atoms with van der Waals surface area (Å²) in [6, 6.07) is 3.56. The van der Waals surface area contributed by atoms with E-state index in [-0.39, 0.29) is 18.7 Å². The normalized spacial score (nSPS) is 13.0. The number of carboxylic acids is 1. The zero-order valence-electron chi connectivity index (χ0n) is 11.9. The fourth-order valence-electron chi connectivity index (χ4n) is 1.69. The highest BCUT2D eigenvalue weighted by Gasteiger charge is 2.27. The fourth-order valence-corrected chi connectivity index (χ4v) is 1.69. The first-order chi connectivity index (χ1) is 9.95. The van der Waals surface area contributed by atoms with Gasteiger partial charge in [-0.1, -0.05) is 13.0 Å². The highest BCUT2D eigenvalue weighted by molar-refractivity contribution is 5.95. The Kier molecular flexibility index (Phi) is 6.32. The van der Waals surface area contributed by atoms with Gasteiger partial charge in [0.05, 0.1) is 12.5 Å². The molecule has 7 nitrogen and oxygen atoms in total. The van der Waals surface area contributed by atoms with Gasteiger partial charge in [-0.25, -0.2) is 4.79 Å². The van der Waals surface area contributed by atoms with E-state index in [0.717, 1.165) is 0 Å². The molecule has 0 spiro atoms. The maximum Gasteiger partial charge on any atom is 0.326 e. The van der Waals surface area contributed by atoms with Crippen LogP contribution in [0.25, 0.3) is 0 Å². The highest BCUT2D eigenvalue weighted by Crippen LogP contribution is 2.09. The molecule has 1 aromatic heterocycles. The molecular weight excluding hydrogens is 276 g/mol. The number of nitrogens with zero attached hydrogens (tertiary/aromatic N) is 1. The summed E-state index contributed by atoms with van der Waals surface area (Å²) in [6.45, 7) is 3.45. The standard InChI is InChI=1S/C14H18N2O5/c1-3-21-14(20)9(2)8-11(13(18)19)16-12(17)10-6-4-5-7-15-10/h4-7,9,11H,3,8H2,1-2H3,(H,16,17)(H,18,19)/t9-,11+/m1/s1. The Balaban J connectivity index is 2.68. The molecule has 21 heavy (non-hydrogen) atoms. The predicted molar refractivity (Wildman–Crippen MR) is 73.5 cm³/mol. The second-order valence-corrected chi connectivity index (χ2v) is 4.47. The number of carbonyl (C=O) groups excluding carboxylic acids is 2. The van der Waals surface area contributed by atoms with Crippen molar-refractivity contribution in [2.24, 2.45) is 5.92 Å². The number of aromatic nitrogens is 1. The lowest BCUT2D eigenvalue weighted by molar-refractivity contribution is -0.148. The largest absolute Gasteiger partial charge is 0.480 e. The molecule has 1 amide bonds. The molecule has 114 valence electrons. The Morgan fingerprint density at radius 2 is 2.10 bits per heavy atom. The minimum atomic E-state index is -1.21. The molecule has 0 aliphatic carbocycles. The monoisotopic (exact) mass is 294 g/mol. The van der Waals surface area contributed by atoms with Crippen molar-refractivity contribution in [3.63, 3.8) is 0 Å². The number of carboxylic acid groups (broad SMARTS) is 1. The Hall–Kier alpha value is -2.44. The van der Waals surface area contributed by atoms with Crippen LogP contribution in [0, 0.1) is 5.92 Å². The van der Waals surface area contributed by atoms with Crippen molar-refractivity contribution in [1.82, 2.24) is 10.3 Å². The first kappa shape index (κ1) is 16.6. The van der Waals surface area contributed by atoms with Gasteiger partial charge in [0.1, 0.15) is 11.7 Å². The summed E-state index contributed by atoms with van der Waals surface area (Å²) < 4.78 is 4.82. The highest BCUT2D eigenvalue weighted by atomic mass is 16.5. The molecule has 0 bridgehead atoms. The Morgan fingerprint density at radius 3 is 2.62 bits per heavy atom. The van der Waals surface area contributed by atoms with Crippen molar-refractivity contribution in [1.29, 1.82) is 0 Å². The van der Waals surface area contributed by atoms with E-state index in [2.05, 4.69) is 10.3 Å². The molecule has 0 aromatic carbocycles. The van der Waals surface area contributed by atoms with Crippen LogP contribution in [-0.2, 0) is 14.3 Å². The summed E-state index contributed by atoms with van der Waals surface area (Å²) in [5.41, 5.74) is 0.118. The summed E-state index contributed by atoms with van der Waals surface area (Å²) in [5, 5.41) is 11.5. The Bertz CT molecular complexity index is 503. The molecule has 0 aliphatic heterocycles. The number of amides is 1. The molecule has 1 rings (SSSR count). The third-order valence-corrected chi connectivity index (χ3v) is 2.78. The summed E-state index contributed by atoms with van der Waals surface area (Å²) in [6.07, 6.45) is 1.39. The van der Waals surface area contributed by atoms with E-state index in [1.54, 1.807) is 26.0 Å². The van der Waals surface area contributed by atoms with Gasteiger partial charge in [-0.05, 0) is 25.5 Å². The molecule has 0 saturated heterocycles.